The van der Waals surface area contributed by atoms with Crippen molar-refractivity contribution in [3.05, 3.63) is 79.1 Å². The molecule has 9 nitrogen and oxygen atoms in total. The Balaban J connectivity index is 0.964. The predicted octanol–water partition coefficient (Wildman–Crippen LogP) is 5.17. The van der Waals surface area contributed by atoms with Gasteiger partial charge in [-0.2, -0.15) is 5.10 Å². The van der Waals surface area contributed by atoms with Gasteiger partial charge in [0.25, 0.3) is 0 Å². The van der Waals surface area contributed by atoms with Crippen molar-refractivity contribution < 1.29 is 8.81 Å². The molecule has 2 bridgehead atoms. The lowest BCUT2D eigenvalue weighted by molar-refractivity contribution is -0.226. The van der Waals surface area contributed by atoms with E-state index in [9.17, 15) is 4.39 Å². The number of nitrogens with zero attached hydrogens (tertiary/aromatic N) is 6. The molecule has 3 saturated carbocycles. The van der Waals surface area contributed by atoms with Gasteiger partial charge in [0.2, 0.25) is 5.71 Å². The van der Waals surface area contributed by atoms with Crippen LogP contribution < -0.4 is 5.32 Å². The SMILES string of the molecule is CC(NCc1cc2cnc(Cn3cnc(-c4cncc(-n5ccc6ccoc65)c4)n3)cc2[nH]1)C12CC(F)(C1)C2. The zero-order valence-electron chi connectivity index (χ0n) is 21.4. The van der Waals surface area contributed by atoms with Gasteiger partial charge in [-0.05, 0) is 61.9 Å². The van der Waals surface area contributed by atoms with Gasteiger partial charge in [0.1, 0.15) is 12.0 Å². The van der Waals surface area contributed by atoms with Gasteiger partial charge in [-0.1, -0.05) is 0 Å². The Labute approximate surface area is 223 Å². The molecule has 0 radical (unpaired) electrons. The molecule has 6 heterocycles. The molecule has 6 aromatic rings. The number of aromatic amines is 1. The monoisotopic (exact) mass is 522 g/mol. The largest absolute Gasteiger partial charge is 0.447 e. The maximum Gasteiger partial charge on any atom is 0.211 e. The molecule has 1 unspecified atom stereocenters. The number of pyridine rings is 2. The zero-order chi connectivity index (χ0) is 26.2. The molecule has 39 heavy (non-hydrogen) atoms. The second-order valence-electron chi connectivity index (χ2n) is 11.3. The van der Waals surface area contributed by atoms with Gasteiger partial charge in [0, 0.05) is 58.7 Å². The number of aromatic nitrogens is 7. The first-order valence-electron chi connectivity index (χ1n) is 13.2. The summed E-state index contributed by atoms with van der Waals surface area (Å²) < 4.78 is 23.3. The molecule has 196 valence electrons. The van der Waals surface area contributed by atoms with Crippen molar-refractivity contribution in [1.82, 2.24) is 39.6 Å². The second kappa shape index (κ2) is 8.09. The normalized spacial score (nSPS) is 22.7. The van der Waals surface area contributed by atoms with E-state index in [0.29, 0.717) is 37.7 Å². The van der Waals surface area contributed by atoms with E-state index in [1.54, 1.807) is 29.7 Å². The average molecular weight is 523 g/mol. The number of H-pyrrole nitrogens is 1. The topological polar surface area (TPSA) is 102 Å². The lowest BCUT2D eigenvalue weighted by atomic mass is 9.40. The first kappa shape index (κ1) is 22.7. The molecule has 0 spiro atoms. The molecule has 10 heteroatoms. The summed E-state index contributed by atoms with van der Waals surface area (Å²) in [6.45, 7) is 3.40. The number of rotatable bonds is 8. The van der Waals surface area contributed by atoms with Crippen molar-refractivity contribution in [3.8, 4) is 17.1 Å². The Bertz CT molecular complexity index is 1820. The summed E-state index contributed by atoms with van der Waals surface area (Å²) in [7, 11) is 0. The van der Waals surface area contributed by atoms with Crippen LogP contribution in [0.15, 0.2) is 72.1 Å². The van der Waals surface area contributed by atoms with E-state index < -0.39 is 5.67 Å². The van der Waals surface area contributed by atoms with Gasteiger partial charge >= 0.3 is 0 Å². The molecular formula is C29H27FN8O. The molecule has 0 saturated heterocycles. The summed E-state index contributed by atoms with van der Waals surface area (Å²) in [6, 6.07) is 10.4. The van der Waals surface area contributed by atoms with Crippen LogP contribution in [0.1, 0.15) is 37.6 Å². The number of nitrogens with one attached hydrogen (secondary N) is 2. The zero-order valence-corrected chi connectivity index (χ0v) is 21.4. The first-order valence-corrected chi connectivity index (χ1v) is 13.2. The predicted molar refractivity (Wildman–Crippen MR) is 144 cm³/mol. The minimum absolute atomic E-state index is 0.164. The molecule has 1 atom stereocenters. The fourth-order valence-corrected chi connectivity index (χ4v) is 6.40. The Morgan fingerprint density at radius 2 is 2.00 bits per heavy atom. The van der Waals surface area contributed by atoms with E-state index in [1.807, 2.05) is 35.2 Å². The summed E-state index contributed by atoms with van der Waals surface area (Å²) in [5.74, 6) is 0.595. The highest BCUT2D eigenvalue weighted by Crippen LogP contribution is 2.70. The van der Waals surface area contributed by atoms with Gasteiger partial charge in [-0.25, -0.2) is 14.1 Å². The van der Waals surface area contributed by atoms with Gasteiger partial charge in [0.15, 0.2) is 5.82 Å². The fraction of sp³-hybridized carbons (Fsp3) is 0.310. The minimum atomic E-state index is -0.860. The number of hydrogen-bond donors (Lipinski definition) is 2. The maximum atomic E-state index is 13.9. The molecule has 0 amide bonds. The third-order valence-electron chi connectivity index (χ3n) is 8.56. The molecule has 3 fully saturated rings. The Kier molecular flexibility index (Phi) is 4.70. The standard InChI is InChI=1S/C29H27FN8O/c1-18(28-14-29(30,15-28)16-28)32-11-22-6-20-10-33-23(8-25(20)35-22)13-37-17-34-26(36-37)21-7-24(12-31-9-21)38-4-2-19-3-5-39-27(19)38/h2-10,12,17-18,32,35H,11,13-16H2,1H3. The van der Waals surface area contributed by atoms with Crippen molar-refractivity contribution in [1.29, 1.82) is 0 Å². The third kappa shape index (κ3) is 3.69. The summed E-state index contributed by atoms with van der Waals surface area (Å²) >= 11 is 0. The maximum absolute atomic E-state index is 13.9. The van der Waals surface area contributed by atoms with Crippen LogP contribution in [0.4, 0.5) is 4.39 Å². The van der Waals surface area contributed by atoms with E-state index >= 15 is 0 Å². The summed E-state index contributed by atoms with van der Waals surface area (Å²) in [4.78, 5) is 17.1. The quantitative estimate of drug-likeness (QED) is 0.286. The van der Waals surface area contributed by atoms with E-state index in [1.165, 1.54) is 0 Å². The third-order valence-corrected chi connectivity index (χ3v) is 8.56. The molecule has 0 aromatic carbocycles. The molecule has 2 N–H and O–H groups in total. The van der Waals surface area contributed by atoms with Gasteiger partial charge < -0.3 is 14.7 Å². The van der Waals surface area contributed by atoms with Crippen LogP contribution in [0.3, 0.4) is 0 Å². The van der Waals surface area contributed by atoms with Crippen molar-refractivity contribution in [3.63, 3.8) is 0 Å². The second-order valence-corrected chi connectivity index (χ2v) is 11.3. The molecule has 6 aromatic heterocycles. The van der Waals surface area contributed by atoms with Gasteiger partial charge in [0.05, 0.1) is 30.4 Å². The molecule has 3 aliphatic rings. The van der Waals surface area contributed by atoms with Gasteiger partial charge in [-0.15, -0.1) is 0 Å². The lowest BCUT2D eigenvalue weighted by Crippen LogP contribution is -2.70. The summed E-state index contributed by atoms with van der Waals surface area (Å²) in [6.07, 6.45) is 12.9. The van der Waals surface area contributed by atoms with Crippen molar-refractivity contribution in [2.45, 2.75) is 51.0 Å². The number of halogens is 1. The van der Waals surface area contributed by atoms with E-state index in [2.05, 4.69) is 49.4 Å². The Hall–Kier alpha value is -4.31. The van der Waals surface area contributed by atoms with Crippen LogP contribution in [-0.4, -0.2) is 46.0 Å². The van der Waals surface area contributed by atoms with Crippen molar-refractivity contribution in [2.75, 3.05) is 0 Å². The Morgan fingerprint density at radius 1 is 1.10 bits per heavy atom. The highest BCUT2D eigenvalue weighted by molar-refractivity contribution is 5.80. The summed E-state index contributed by atoms with van der Waals surface area (Å²) in [5.41, 5.74) is 4.79. The van der Waals surface area contributed by atoms with Crippen LogP contribution in [0.5, 0.6) is 0 Å². The number of hydrogen-bond acceptors (Lipinski definition) is 6. The number of furan rings is 1. The van der Waals surface area contributed by atoms with E-state index in [0.717, 1.165) is 51.2 Å². The van der Waals surface area contributed by atoms with Crippen LogP contribution >= 0.6 is 0 Å². The van der Waals surface area contributed by atoms with E-state index in [4.69, 9.17) is 4.42 Å². The van der Waals surface area contributed by atoms with Crippen LogP contribution in [0, 0.1) is 5.41 Å². The molecule has 9 rings (SSSR count). The average Bonchev–Trinajstić information content (AvgIpc) is 3.69. The Morgan fingerprint density at radius 3 is 2.87 bits per heavy atom. The van der Waals surface area contributed by atoms with Gasteiger partial charge in [-0.3, -0.25) is 14.5 Å². The number of fused-ring (bicyclic) bond motifs is 2. The lowest BCUT2D eigenvalue weighted by Gasteiger charge is -2.68. The van der Waals surface area contributed by atoms with Crippen molar-refractivity contribution in [2.24, 2.45) is 5.41 Å². The van der Waals surface area contributed by atoms with Crippen LogP contribution in [-0.2, 0) is 13.1 Å². The highest BCUT2D eigenvalue weighted by atomic mass is 19.1. The van der Waals surface area contributed by atoms with Crippen molar-refractivity contribution >= 4 is 22.0 Å². The molecule has 0 aliphatic heterocycles. The number of alkyl halides is 1. The fourth-order valence-electron chi connectivity index (χ4n) is 6.40. The molecule has 3 aliphatic carbocycles. The smallest absolute Gasteiger partial charge is 0.211 e. The highest BCUT2D eigenvalue weighted by Gasteiger charge is 2.70. The van der Waals surface area contributed by atoms with E-state index in [-0.39, 0.29) is 5.41 Å². The van der Waals surface area contributed by atoms with Crippen LogP contribution in [0.2, 0.25) is 0 Å². The first-order chi connectivity index (χ1) is 19.0. The summed E-state index contributed by atoms with van der Waals surface area (Å²) in [5, 5.41) is 10.4. The minimum Gasteiger partial charge on any atom is -0.447 e. The molecular weight excluding hydrogens is 495 g/mol. The van der Waals surface area contributed by atoms with Crippen LogP contribution in [0.25, 0.3) is 39.1 Å².